The third-order valence-corrected chi connectivity index (χ3v) is 4.35. The monoisotopic (exact) mass is 407 g/mol. The van der Waals surface area contributed by atoms with Crippen LogP contribution in [0.2, 0.25) is 0 Å². The maximum Gasteiger partial charge on any atom is 0.573 e. The molecule has 11 heteroatoms. The average Bonchev–Trinajstić information content (AvgIpc) is 2.85. The SMILES string of the molecule is CC1C(=O)N(c2ccc(OC(F)(F)F)cc2)C(=O)N1Cc1ccncc1C(=N)N. The van der Waals surface area contributed by atoms with Gasteiger partial charge in [0.2, 0.25) is 0 Å². The minimum Gasteiger partial charge on any atom is -0.406 e. The Hall–Kier alpha value is -3.63. The van der Waals surface area contributed by atoms with Crippen LogP contribution >= 0.6 is 0 Å². The molecule has 152 valence electrons. The Labute approximate surface area is 163 Å². The molecular formula is C18H16F3N5O3. The molecule has 0 aliphatic carbocycles. The Kier molecular flexibility index (Phi) is 5.14. The number of urea groups is 1. The molecular weight excluding hydrogens is 391 g/mol. The summed E-state index contributed by atoms with van der Waals surface area (Å²) in [4.78, 5) is 31.5. The summed E-state index contributed by atoms with van der Waals surface area (Å²) in [5, 5.41) is 7.61. The molecule has 29 heavy (non-hydrogen) atoms. The van der Waals surface area contributed by atoms with Gasteiger partial charge in [0, 0.05) is 24.5 Å². The fourth-order valence-electron chi connectivity index (χ4n) is 2.93. The van der Waals surface area contributed by atoms with Gasteiger partial charge in [-0.15, -0.1) is 13.2 Å². The lowest BCUT2D eigenvalue weighted by molar-refractivity contribution is -0.274. The second-order valence-electron chi connectivity index (χ2n) is 6.25. The molecule has 1 aromatic carbocycles. The predicted molar refractivity (Wildman–Crippen MR) is 96.3 cm³/mol. The van der Waals surface area contributed by atoms with E-state index in [0.29, 0.717) is 11.1 Å². The van der Waals surface area contributed by atoms with Crippen LogP contribution < -0.4 is 15.4 Å². The molecule has 2 aromatic rings. The number of nitrogens with zero attached hydrogens (tertiary/aromatic N) is 3. The van der Waals surface area contributed by atoms with Gasteiger partial charge in [-0.25, -0.2) is 9.69 Å². The summed E-state index contributed by atoms with van der Waals surface area (Å²) in [5.74, 6) is -1.22. The third-order valence-electron chi connectivity index (χ3n) is 4.35. The summed E-state index contributed by atoms with van der Waals surface area (Å²) in [5.41, 5.74) is 6.53. The number of aromatic nitrogens is 1. The number of amidine groups is 1. The highest BCUT2D eigenvalue weighted by Gasteiger charge is 2.43. The van der Waals surface area contributed by atoms with E-state index in [-0.39, 0.29) is 18.1 Å². The molecule has 0 spiro atoms. The molecule has 1 aromatic heterocycles. The highest BCUT2D eigenvalue weighted by Crippen LogP contribution is 2.30. The van der Waals surface area contributed by atoms with E-state index >= 15 is 0 Å². The molecule has 1 atom stereocenters. The van der Waals surface area contributed by atoms with E-state index in [1.807, 2.05) is 0 Å². The van der Waals surface area contributed by atoms with Crippen molar-refractivity contribution in [2.24, 2.45) is 5.73 Å². The molecule has 3 N–H and O–H groups in total. The topological polar surface area (TPSA) is 113 Å². The van der Waals surface area contributed by atoms with Gasteiger partial charge in [-0.05, 0) is 42.8 Å². The summed E-state index contributed by atoms with van der Waals surface area (Å²) < 4.78 is 40.7. The zero-order valence-electron chi connectivity index (χ0n) is 15.1. The maximum absolute atomic E-state index is 12.8. The van der Waals surface area contributed by atoms with Crippen LogP contribution in [0.5, 0.6) is 5.75 Å². The zero-order valence-corrected chi connectivity index (χ0v) is 15.1. The predicted octanol–water partition coefficient (Wildman–Crippen LogP) is 2.62. The van der Waals surface area contributed by atoms with Crippen molar-refractivity contribution >= 4 is 23.5 Å². The number of imide groups is 1. The van der Waals surface area contributed by atoms with Crippen molar-refractivity contribution < 1.29 is 27.5 Å². The summed E-state index contributed by atoms with van der Waals surface area (Å²) >= 11 is 0. The largest absolute Gasteiger partial charge is 0.573 e. The smallest absolute Gasteiger partial charge is 0.406 e. The number of amides is 3. The molecule has 3 amide bonds. The third kappa shape index (κ3) is 4.13. The lowest BCUT2D eigenvalue weighted by atomic mass is 10.1. The number of nitrogens with two attached hydrogens (primary N) is 1. The fraction of sp³-hybridized carbons (Fsp3) is 0.222. The van der Waals surface area contributed by atoms with E-state index < -0.39 is 30.1 Å². The number of alkyl halides is 3. The van der Waals surface area contributed by atoms with E-state index in [2.05, 4.69) is 9.72 Å². The minimum atomic E-state index is -4.84. The number of hydrogen-bond acceptors (Lipinski definition) is 5. The number of nitrogens with one attached hydrogen (secondary N) is 1. The molecule has 1 fully saturated rings. The van der Waals surface area contributed by atoms with Gasteiger partial charge in [-0.3, -0.25) is 15.2 Å². The van der Waals surface area contributed by atoms with Crippen LogP contribution in [-0.4, -0.2) is 40.1 Å². The molecule has 0 radical (unpaired) electrons. The van der Waals surface area contributed by atoms with E-state index in [1.165, 1.54) is 36.4 Å². The average molecular weight is 407 g/mol. The highest BCUT2D eigenvalue weighted by atomic mass is 19.4. The normalized spacial score (nSPS) is 17.0. The second kappa shape index (κ2) is 7.41. The first kappa shape index (κ1) is 20.1. The van der Waals surface area contributed by atoms with Crippen LogP contribution in [0.3, 0.4) is 0 Å². The first-order valence-corrected chi connectivity index (χ1v) is 8.36. The van der Waals surface area contributed by atoms with Gasteiger partial charge in [0.1, 0.15) is 17.6 Å². The Balaban J connectivity index is 1.84. The summed E-state index contributed by atoms with van der Waals surface area (Å²) in [7, 11) is 0. The highest BCUT2D eigenvalue weighted by molar-refractivity contribution is 6.21. The standard InChI is InChI=1S/C18H16F3N5O3/c1-10-16(27)26(12-2-4-13(5-3-12)29-18(19,20)21)17(28)25(10)9-11-6-7-24-8-14(11)15(22)23/h2-8,10H,9H2,1H3,(H3,22,23). The number of carbonyl (C=O) groups excluding carboxylic acids is 2. The van der Waals surface area contributed by atoms with Crippen molar-refractivity contribution in [2.75, 3.05) is 4.90 Å². The lowest BCUT2D eigenvalue weighted by Crippen LogP contribution is -2.34. The number of rotatable bonds is 5. The van der Waals surface area contributed by atoms with E-state index in [4.69, 9.17) is 11.1 Å². The van der Waals surface area contributed by atoms with Gasteiger partial charge >= 0.3 is 12.4 Å². The number of ether oxygens (including phenoxy) is 1. The Morgan fingerprint density at radius 2 is 1.90 bits per heavy atom. The van der Waals surface area contributed by atoms with Gasteiger partial charge in [0.05, 0.1) is 5.69 Å². The fourth-order valence-corrected chi connectivity index (χ4v) is 2.93. The number of pyridine rings is 1. The molecule has 8 nitrogen and oxygen atoms in total. The van der Waals surface area contributed by atoms with Crippen molar-refractivity contribution in [1.82, 2.24) is 9.88 Å². The van der Waals surface area contributed by atoms with Crippen molar-refractivity contribution in [3.63, 3.8) is 0 Å². The van der Waals surface area contributed by atoms with Gasteiger partial charge in [-0.2, -0.15) is 0 Å². The number of hydrogen-bond donors (Lipinski definition) is 2. The molecule has 1 aliphatic rings. The Bertz CT molecular complexity index is 962. The summed E-state index contributed by atoms with van der Waals surface area (Å²) in [6.45, 7) is 1.55. The zero-order chi connectivity index (χ0) is 21.3. The first-order chi connectivity index (χ1) is 13.6. The van der Waals surface area contributed by atoms with Crippen LogP contribution in [0.1, 0.15) is 18.1 Å². The van der Waals surface area contributed by atoms with Crippen LogP contribution in [-0.2, 0) is 11.3 Å². The number of anilines is 1. The molecule has 2 heterocycles. The number of benzene rings is 1. The minimum absolute atomic E-state index is 0.00887. The van der Waals surface area contributed by atoms with Gasteiger partial charge in [0.15, 0.2) is 0 Å². The van der Waals surface area contributed by atoms with Crippen molar-refractivity contribution in [3.05, 3.63) is 53.9 Å². The number of nitrogen functional groups attached to an aromatic ring is 1. The van der Waals surface area contributed by atoms with Gasteiger partial charge < -0.3 is 15.4 Å². The van der Waals surface area contributed by atoms with Gasteiger partial charge in [-0.1, -0.05) is 0 Å². The molecule has 1 saturated heterocycles. The molecule has 0 saturated carbocycles. The van der Waals surface area contributed by atoms with Crippen molar-refractivity contribution in [3.8, 4) is 5.75 Å². The van der Waals surface area contributed by atoms with Crippen molar-refractivity contribution in [2.45, 2.75) is 25.9 Å². The Morgan fingerprint density at radius 3 is 2.48 bits per heavy atom. The first-order valence-electron chi connectivity index (χ1n) is 8.36. The van der Waals surface area contributed by atoms with E-state index in [9.17, 15) is 22.8 Å². The second-order valence-corrected chi connectivity index (χ2v) is 6.25. The van der Waals surface area contributed by atoms with Crippen molar-refractivity contribution in [1.29, 1.82) is 5.41 Å². The van der Waals surface area contributed by atoms with Crippen LogP contribution in [0.15, 0.2) is 42.7 Å². The molecule has 1 unspecified atom stereocenters. The van der Waals surface area contributed by atoms with E-state index in [1.54, 1.807) is 6.07 Å². The Morgan fingerprint density at radius 1 is 1.24 bits per heavy atom. The van der Waals surface area contributed by atoms with Gasteiger partial charge in [0.25, 0.3) is 5.91 Å². The maximum atomic E-state index is 12.8. The molecule has 1 aliphatic heterocycles. The number of halogens is 3. The summed E-state index contributed by atoms with van der Waals surface area (Å²) in [6.07, 6.45) is -1.97. The van der Waals surface area contributed by atoms with Crippen LogP contribution in [0.4, 0.5) is 23.7 Å². The summed E-state index contributed by atoms with van der Waals surface area (Å²) in [6, 6.07) is 4.56. The van der Waals surface area contributed by atoms with Crippen LogP contribution in [0, 0.1) is 5.41 Å². The van der Waals surface area contributed by atoms with Crippen LogP contribution in [0.25, 0.3) is 0 Å². The molecule has 3 rings (SSSR count). The molecule has 0 bridgehead atoms. The van der Waals surface area contributed by atoms with E-state index in [0.717, 1.165) is 17.0 Å². The quantitative estimate of drug-likeness (QED) is 0.450. The lowest BCUT2D eigenvalue weighted by Gasteiger charge is -2.20. The number of carbonyl (C=O) groups is 2.